The van der Waals surface area contributed by atoms with Crippen LogP contribution in [0.2, 0.25) is 0 Å². The predicted octanol–water partition coefficient (Wildman–Crippen LogP) is 3.03. The zero-order chi connectivity index (χ0) is 13.0. The molecule has 0 aliphatic carbocycles. The van der Waals surface area contributed by atoms with E-state index in [4.69, 9.17) is 0 Å². The molecule has 98 valence electrons. The summed E-state index contributed by atoms with van der Waals surface area (Å²) in [6, 6.07) is 4.84. The highest BCUT2D eigenvalue weighted by atomic mass is 32.1. The van der Waals surface area contributed by atoms with Crippen molar-refractivity contribution in [3.63, 3.8) is 0 Å². The van der Waals surface area contributed by atoms with Crippen LogP contribution in [0, 0.1) is 0 Å². The number of thiophene rings is 1. The third-order valence-corrected chi connectivity index (χ3v) is 4.60. The van der Waals surface area contributed by atoms with Gasteiger partial charge in [0.2, 0.25) is 0 Å². The summed E-state index contributed by atoms with van der Waals surface area (Å²) in [5.41, 5.74) is 0. The van der Waals surface area contributed by atoms with Crippen LogP contribution in [0.4, 0.5) is 0 Å². The summed E-state index contributed by atoms with van der Waals surface area (Å²) in [5.74, 6) is 1.16. The molecular formula is C14H21N3S. The van der Waals surface area contributed by atoms with E-state index in [0.717, 1.165) is 25.2 Å². The predicted molar refractivity (Wildman–Crippen MR) is 77.1 cm³/mol. The molecule has 0 aliphatic rings. The number of imidazole rings is 1. The molecule has 18 heavy (non-hydrogen) atoms. The lowest BCUT2D eigenvalue weighted by Gasteiger charge is -2.15. The number of nitrogens with zero attached hydrogens (tertiary/aromatic N) is 2. The van der Waals surface area contributed by atoms with Crippen molar-refractivity contribution < 1.29 is 0 Å². The van der Waals surface area contributed by atoms with E-state index in [1.54, 1.807) is 0 Å². The van der Waals surface area contributed by atoms with Crippen molar-refractivity contribution in [2.24, 2.45) is 0 Å². The van der Waals surface area contributed by atoms with E-state index in [1.165, 1.54) is 9.75 Å². The lowest BCUT2D eigenvalue weighted by atomic mass is 10.1. The normalized spacial score (nSPS) is 12.8. The first-order chi connectivity index (χ1) is 8.78. The lowest BCUT2D eigenvalue weighted by Crippen LogP contribution is -2.19. The summed E-state index contributed by atoms with van der Waals surface area (Å²) in [5, 5.41) is 3.40. The van der Waals surface area contributed by atoms with E-state index < -0.39 is 0 Å². The fourth-order valence-corrected chi connectivity index (χ4v) is 3.18. The number of likely N-dealkylation sites (N-methyl/N-ethyl adjacent to an activating group) is 1. The molecule has 3 nitrogen and oxygen atoms in total. The largest absolute Gasteiger partial charge is 0.335 e. The second-order valence-corrected chi connectivity index (χ2v) is 5.53. The van der Waals surface area contributed by atoms with Gasteiger partial charge in [-0.3, -0.25) is 0 Å². The molecular weight excluding hydrogens is 242 g/mol. The molecule has 0 bridgehead atoms. The van der Waals surface area contributed by atoms with Gasteiger partial charge in [0.25, 0.3) is 0 Å². The Labute approximate surface area is 113 Å². The van der Waals surface area contributed by atoms with Crippen molar-refractivity contribution in [3.05, 3.63) is 40.1 Å². The van der Waals surface area contributed by atoms with Gasteiger partial charge in [-0.05, 0) is 32.5 Å². The van der Waals surface area contributed by atoms with Gasteiger partial charge in [0.1, 0.15) is 5.82 Å². The van der Waals surface area contributed by atoms with Gasteiger partial charge in [0.05, 0.1) is 0 Å². The third-order valence-electron chi connectivity index (χ3n) is 3.25. The van der Waals surface area contributed by atoms with E-state index in [-0.39, 0.29) is 0 Å². The maximum atomic E-state index is 4.45. The Morgan fingerprint density at radius 3 is 2.83 bits per heavy atom. The van der Waals surface area contributed by atoms with Crippen LogP contribution in [0.3, 0.4) is 0 Å². The quantitative estimate of drug-likeness (QED) is 0.868. The van der Waals surface area contributed by atoms with Gasteiger partial charge in [-0.2, -0.15) is 0 Å². The van der Waals surface area contributed by atoms with Crippen molar-refractivity contribution in [1.82, 2.24) is 14.9 Å². The van der Waals surface area contributed by atoms with Crippen LogP contribution < -0.4 is 5.32 Å². The SMILES string of the molecule is CCc1ccc(C(Cc2nccn2CC)NC)s1. The highest BCUT2D eigenvalue weighted by Crippen LogP contribution is 2.25. The molecule has 0 saturated carbocycles. The number of hydrogen-bond acceptors (Lipinski definition) is 3. The fourth-order valence-electron chi connectivity index (χ4n) is 2.12. The Hall–Kier alpha value is -1.13. The monoisotopic (exact) mass is 263 g/mol. The number of nitrogens with one attached hydrogen (secondary N) is 1. The Kier molecular flexibility index (Phi) is 4.55. The molecule has 1 N–H and O–H groups in total. The van der Waals surface area contributed by atoms with Gasteiger partial charge in [-0.1, -0.05) is 6.92 Å². The molecule has 0 aromatic carbocycles. The van der Waals surface area contributed by atoms with E-state index in [0.29, 0.717) is 6.04 Å². The van der Waals surface area contributed by atoms with E-state index in [9.17, 15) is 0 Å². The molecule has 0 radical (unpaired) electrons. The van der Waals surface area contributed by atoms with Crippen molar-refractivity contribution in [2.45, 2.75) is 39.3 Å². The van der Waals surface area contributed by atoms with E-state index >= 15 is 0 Å². The Bertz CT molecular complexity index is 487. The number of aromatic nitrogens is 2. The minimum Gasteiger partial charge on any atom is -0.335 e. The Morgan fingerprint density at radius 1 is 1.39 bits per heavy atom. The zero-order valence-electron chi connectivity index (χ0n) is 11.3. The summed E-state index contributed by atoms with van der Waals surface area (Å²) in [7, 11) is 2.02. The molecule has 0 spiro atoms. The minimum absolute atomic E-state index is 0.364. The van der Waals surface area contributed by atoms with Crippen LogP contribution in [0.25, 0.3) is 0 Å². The van der Waals surface area contributed by atoms with Crippen LogP contribution in [-0.4, -0.2) is 16.6 Å². The number of rotatable bonds is 6. The van der Waals surface area contributed by atoms with Crippen molar-refractivity contribution in [2.75, 3.05) is 7.05 Å². The topological polar surface area (TPSA) is 29.9 Å². The van der Waals surface area contributed by atoms with E-state index in [1.807, 2.05) is 30.8 Å². The minimum atomic E-state index is 0.364. The van der Waals surface area contributed by atoms with Crippen molar-refractivity contribution in [3.8, 4) is 0 Å². The molecule has 0 saturated heterocycles. The van der Waals surface area contributed by atoms with Crippen LogP contribution in [0.1, 0.15) is 35.5 Å². The average Bonchev–Trinajstić information content (AvgIpc) is 3.04. The standard InChI is InChI=1S/C14H21N3S/c1-4-11-6-7-13(18-11)12(15-3)10-14-16-8-9-17(14)5-2/h6-9,12,15H,4-5,10H2,1-3H3. The molecule has 0 fully saturated rings. The molecule has 0 amide bonds. The number of hydrogen-bond donors (Lipinski definition) is 1. The van der Waals surface area contributed by atoms with Gasteiger partial charge >= 0.3 is 0 Å². The molecule has 4 heteroatoms. The lowest BCUT2D eigenvalue weighted by molar-refractivity contribution is 0.560. The highest BCUT2D eigenvalue weighted by Gasteiger charge is 2.15. The fraction of sp³-hybridized carbons (Fsp3) is 0.500. The Morgan fingerprint density at radius 2 is 2.22 bits per heavy atom. The molecule has 2 rings (SSSR count). The van der Waals surface area contributed by atoms with Crippen LogP contribution in [0.5, 0.6) is 0 Å². The first-order valence-corrected chi connectivity index (χ1v) is 7.36. The second-order valence-electron chi connectivity index (χ2n) is 4.33. The van der Waals surface area contributed by atoms with Crippen LogP contribution in [-0.2, 0) is 19.4 Å². The first-order valence-electron chi connectivity index (χ1n) is 6.54. The molecule has 0 aliphatic heterocycles. The van der Waals surface area contributed by atoms with Gasteiger partial charge < -0.3 is 9.88 Å². The van der Waals surface area contributed by atoms with Crippen LogP contribution in [0.15, 0.2) is 24.5 Å². The smallest absolute Gasteiger partial charge is 0.110 e. The molecule has 2 aromatic rings. The van der Waals surface area contributed by atoms with Gasteiger partial charge in [-0.25, -0.2) is 4.98 Å². The summed E-state index contributed by atoms with van der Waals surface area (Å²) in [4.78, 5) is 7.31. The first kappa shape index (κ1) is 13.3. The summed E-state index contributed by atoms with van der Waals surface area (Å²) in [6.45, 7) is 5.34. The molecule has 1 unspecified atom stereocenters. The Balaban J connectivity index is 2.14. The summed E-state index contributed by atoms with van der Waals surface area (Å²) in [6.07, 6.45) is 6.00. The van der Waals surface area contributed by atoms with Gasteiger partial charge in [0, 0.05) is 41.2 Å². The maximum absolute atomic E-state index is 4.45. The van der Waals surface area contributed by atoms with Gasteiger partial charge in [0.15, 0.2) is 0 Å². The summed E-state index contributed by atoms with van der Waals surface area (Å²) < 4.78 is 2.21. The molecule has 2 aromatic heterocycles. The van der Waals surface area contributed by atoms with Crippen molar-refractivity contribution >= 4 is 11.3 Å². The van der Waals surface area contributed by atoms with Gasteiger partial charge in [-0.15, -0.1) is 11.3 Å². The average molecular weight is 263 g/mol. The van der Waals surface area contributed by atoms with E-state index in [2.05, 4.69) is 40.8 Å². The third kappa shape index (κ3) is 2.82. The highest BCUT2D eigenvalue weighted by molar-refractivity contribution is 7.12. The zero-order valence-corrected chi connectivity index (χ0v) is 12.1. The second kappa shape index (κ2) is 6.16. The maximum Gasteiger partial charge on any atom is 0.110 e. The molecule has 1 atom stereocenters. The summed E-state index contributed by atoms with van der Waals surface area (Å²) >= 11 is 1.90. The van der Waals surface area contributed by atoms with Crippen LogP contribution >= 0.6 is 11.3 Å². The molecule has 2 heterocycles. The number of aryl methyl sites for hydroxylation is 2. The van der Waals surface area contributed by atoms with Crippen molar-refractivity contribution in [1.29, 1.82) is 0 Å².